The molecule has 0 amide bonds. The van der Waals surface area contributed by atoms with Crippen molar-refractivity contribution in [2.75, 3.05) is 13.2 Å². The molecular formula is C24H24N4O3. The minimum Gasteiger partial charge on any atom is -0.490 e. The topological polar surface area (TPSA) is 104 Å². The molecule has 3 aromatic rings. The normalized spacial score (nSPS) is 20.9. The predicted octanol–water partition coefficient (Wildman–Crippen LogP) is 3.80. The summed E-state index contributed by atoms with van der Waals surface area (Å²) in [6.45, 7) is 4.56. The summed E-state index contributed by atoms with van der Waals surface area (Å²) in [6.07, 6.45) is 1.12. The zero-order chi connectivity index (χ0) is 21.5. The van der Waals surface area contributed by atoms with Gasteiger partial charge in [-0.3, -0.25) is 0 Å². The second kappa shape index (κ2) is 7.80. The van der Waals surface area contributed by atoms with E-state index in [0.717, 1.165) is 12.0 Å². The maximum atomic E-state index is 9.49. The highest BCUT2D eigenvalue weighted by Gasteiger charge is 2.52. The molecule has 7 nitrogen and oxygen atoms in total. The van der Waals surface area contributed by atoms with E-state index in [4.69, 9.17) is 9.26 Å². The van der Waals surface area contributed by atoms with Gasteiger partial charge < -0.3 is 19.7 Å². The first kappa shape index (κ1) is 19.7. The fraction of sp³-hybridized carbons (Fsp3) is 0.375. The molecule has 0 unspecified atom stereocenters. The number of aliphatic hydroxyl groups is 1. The van der Waals surface area contributed by atoms with Gasteiger partial charge in [0.2, 0.25) is 5.82 Å². The van der Waals surface area contributed by atoms with Gasteiger partial charge in [0.15, 0.2) is 0 Å². The number of nitriles is 1. The third kappa shape index (κ3) is 3.48. The smallest absolute Gasteiger partial charge is 0.258 e. The Morgan fingerprint density at radius 3 is 2.97 bits per heavy atom. The van der Waals surface area contributed by atoms with Crippen LogP contribution in [-0.2, 0) is 0 Å². The minimum atomic E-state index is -0.0184. The van der Waals surface area contributed by atoms with E-state index < -0.39 is 0 Å². The van der Waals surface area contributed by atoms with E-state index in [1.807, 2.05) is 32.0 Å². The largest absolute Gasteiger partial charge is 0.490 e. The Hall–Kier alpha value is -3.21. The maximum absolute atomic E-state index is 9.49. The molecule has 0 saturated heterocycles. The van der Waals surface area contributed by atoms with Gasteiger partial charge in [0.1, 0.15) is 11.8 Å². The highest BCUT2D eigenvalue weighted by molar-refractivity contribution is 5.69. The molecule has 2 aromatic carbocycles. The summed E-state index contributed by atoms with van der Waals surface area (Å²) in [6, 6.07) is 14.0. The van der Waals surface area contributed by atoms with Crippen LogP contribution in [0.5, 0.6) is 5.75 Å². The lowest BCUT2D eigenvalue weighted by molar-refractivity contribution is 0.241. The number of fused-ring (bicyclic) bond motifs is 3. The molecule has 1 saturated carbocycles. The van der Waals surface area contributed by atoms with Crippen LogP contribution in [0.15, 0.2) is 40.9 Å². The van der Waals surface area contributed by atoms with E-state index in [-0.39, 0.29) is 18.8 Å². The summed E-state index contributed by atoms with van der Waals surface area (Å²) in [4.78, 5) is 4.65. The van der Waals surface area contributed by atoms with Crippen molar-refractivity contribution in [3.8, 4) is 34.7 Å². The lowest BCUT2D eigenvalue weighted by Gasteiger charge is -2.17. The first-order valence-electron chi connectivity index (χ1n) is 10.6. The standard InChI is InChI=1S/C24H24N4O3/c1-13(2)30-20-7-6-14(10-15(20)12-25)24-27-23(28-31-24)17-5-3-4-16-21(17)18-11-19(18)22(16)26-8-9-29/h3-7,10,13,18-19,22,26,29H,8-9,11H2,1-2H3/t18-,19+,22-/m0/s1. The number of hydrogen-bond donors (Lipinski definition) is 2. The van der Waals surface area contributed by atoms with Gasteiger partial charge in [0.25, 0.3) is 5.89 Å². The monoisotopic (exact) mass is 416 g/mol. The van der Waals surface area contributed by atoms with Crippen molar-refractivity contribution < 1.29 is 14.4 Å². The Balaban J connectivity index is 1.47. The number of nitrogens with zero attached hydrogens (tertiary/aromatic N) is 3. The van der Waals surface area contributed by atoms with Crippen molar-refractivity contribution >= 4 is 0 Å². The van der Waals surface area contributed by atoms with Crippen LogP contribution in [0.3, 0.4) is 0 Å². The third-order valence-corrected chi connectivity index (χ3v) is 5.97. The molecule has 2 N–H and O–H groups in total. The highest BCUT2D eigenvalue weighted by atomic mass is 16.5. The summed E-state index contributed by atoms with van der Waals surface area (Å²) in [5.41, 5.74) is 4.67. The fourth-order valence-corrected chi connectivity index (χ4v) is 4.65. The van der Waals surface area contributed by atoms with Crippen LogP contribution in [0.25, 0.3) is 22.8 Å². The van der Waals surface area contributed by atoms with E-state index in [2.05, 4.69) is 27.6 Å². The Morgan fingerprint density at radius 1 is 1.32 bits per heavy atom. The maximum Gasteiger partial charge on any atom is 0.258 e. The molecule has 0 aliphatic heterocycles. The molecular weight excluding hydrogens is 392 g/mol. The van der Waals surface area contributed by atoms with Crippen molar-refractivity contribution in [3.63, 3.8) is 0 Å². The van der Waals surface area contributed by atoms with Gasteiger partial charge in [0.05, 0.1) is 18.3 Å². The number of rotatable bonds is 7. The van der Waals surface area contributed by atoms with Crippen molar-refractivity contribution in [2.24, 2.45) is 5.92 Å². The van der Waals surface area contributed by atoms with Gasteiger partial charge in [0, 0.05) is 23.7 Å². The molecule has 0 spiro atoms. The molecule has 158 valence electrons. The van der Waals surface area contributed by atoms with E-state index in [0.29, 0.717) is 47.0 Å². The van der Waals surface area contributed by atoms with Crippen LogP contribution in [0.2, 0.25) is 0 Å². The summed E-state index contributed by atoms with van der Waals surface area (Å²) >= 11 is 0. The molecule has 31 heavy (non-hydrogen) atoms. The van der Waals surface area contributed by atoms with Crippen LogP contribution in [0.1, 0.15) is 48.9 Å². The van der Waals surface area contributed by atoms with Crippen molar-refractivity contribution in [3.05, 3.63) is 53.1 Å². The first-order valence-corrected chi connectivity index (χ1v) is 10.6. The van der Waals surface area contributed by atoms with Crippen LogP contribution >= 0.6 is 0 Å². The number of ether oxygens (including phenoxy) is 1. The molecule has 1 aromatic heterocycles. The number of aliphatic hydroxyl groups excluding tert-OH is 1. The summed E-state index contributed by atoms with van der Waals surface area (Å²) in [5, 5.41) is 26.4. The Kier molecular flexibility index (Phi) is 4.97. The predicted molar refractivity (Wildman–Crippen MR) is 114 cm³/mol. The third-order valence-electron chi connectivity index (χ3n) is 5.97. The summed E-state index contributed by atoms with van der Waals surface area (Å²) in [5.74, 6) is 2.55. The van der Waals surface area contributed by atoms with Crippen LogP contribution < -0.4 is 10.1 Å². The van der Waals surface area contributed by atoms with Gasteiger partial charge in [-0.1, -0.05) is 23.4 Å². The van der Waals surface area contributed by atoms with Crippen molar-refractivity contribution in [1.29, 1.82) is 5.26 Å². The Labute approximate surface area is 180 Å². The van der Waals surface area contributed by atoms with Crippen molar-refractivity contribution in [1.82, 2.24) is 15.5 Å². The van der Waals surface area contributed by atoms with Gasteiger partial charge in [-0.15, -0.1) is 0 Å². The molecule has 7 heteroatoms. The zero-order valence-electron chi connectivity index (χ0n) is 17.5. The van der Waals surface area contributed by atoms with Gasteiger partial charge in [-0.25, -0.2) is 0 Å². The van der Waals surface area contributed by atoms with Gasteiger partial charge in [-0.2, -0.15) is 10.2 Å². The van der Waals surface area contributed by atoms with E-state index in [9.17, 15) is 10.4 Å². The van der Waals surface area contributed by atoms with Crippen LogP contribution in [0, 0.1) is 17.2 Å². The molecule has 5 rings (SSSR count). The van der Waals surface area contributed by atoms with Crippen LogP contribution in [-0.4, -0.2) is 34.5 Å². The lowest BCUT2D eigenvalue weighted by Crippen LogP contribution is -2.24. The highest BCUT2D eigenvalue weighted by Crippen LogP contribution is 2.63. The number of nitrogens with one attached hydrogen (secondary N) is 1. The fourth-order valence-electron chi connectivity index (χ4n) is 4.65. The average molecular weight is 416 g/mol. The SMILES string of the molecule is CC(C)Oc1ccc(-c2nc(-c3cccc4c3[C@H]3C[C@H]3[C@H]4NCCO)no2)cc1C#N. The Bertz CT molecular complexity index is 1160. The molecule has 1 fully saturated rings. The number of aromatic nitrogens is 2. The van der Waals surface area contributed by atoms with E-state index in [1.165, 1.54) is 11.1 Å². The second-order valence-corrected chi connectivity index (χ2v) is 8.38. The summed E-state index contributed by atoms with van der Waals surface area (Å²) in [7, 11) is 0. The Morgan fingerprint density at radius 2 is 2.19 bits per heavy atom. The lowest BCUT2D eigenvalue weighted by atomic mass is 9.97. The van der Waals surface area contributed by atoms with Gasteiger partial charge in [-0.05, 0) is 61.4 Å². The molecule has 0 radical (unpaired) electrons. The average Bonchev–Trinajstić information content (AvgIpc) is 3.27. The van der Waals surface area contributed by atoms with E-state index >= 15 is 0 Å². The van der Waals surface area contributed by atoms with Crippen molar-refractivity contribution in [2.45, 2.75) is 38.3 Å². The second-order valence-electron chi connectivity index (χ2n) is 8.38. The molecule has 2 aliphatic rings. The minimum absolute atomic E-state index is 0.0184. The number of benzene rings is 2. The molecule has 2 aliphatic carbocycles. The summed E-state index contributed by atoms with van der Waals surface area (Å²) < 4.78 is 11.3. The molecule has 1 heterocycles. The molecule has 3 atom stereocenters. The van der Waals surface area contributed by atoms with E-state index in [1.54, 1.807) is 12.1 Å². The number of hydrogen-bond acceptors (Lipinski definition) is 7. The van der Waals surface area contributed by atoms with Gasteiger partial charge >= 0.3 is 0 Å². The molecule has 0 bridgehead atoms. The zero-order valence-corrected chi connectivity index (χ0v) is 17.5. The quantitative estimate of drug-likeness (QED) is 0.604. The van der Waals surface area contributed by atoms with Crippen LogP contribution in [0.4, 0.5) is 0 Å². The first-order chi connectivity index (χ1) is 15.1.